The molecule has 4 rings (SSSR count). The zero-order valence-corrected chi connectivity index (χ0v) is 13.6. The van der Waals surface area contributed by atoms with Crippen LogP contribution in [0.5, 0.6) is 0 Å². The van der Waals surface area contributed by atoms with Gasteiger partial charge in [0.2, 0.25) is 5.13 Å². The second kappa shape index (κ2) is 5.53. The molecular formula is C17H12F3N3OS. The number of thiazole rings is 1. The van der Waals surface area contributed by atoms with Crippen molar-refractivity contribution in [3.05, 3.63) is 60.2 Å². The van der Waals surface area contributed by atoms with Crippen molar-refractivity contribution in [1.29, 1.82) is 0 Å². The Bertz CT molecular complexity index is 921. The van der Waals surface area contributed by atoms with E-state index in [1.165, 1.54) is 11.3 Å². The first-order chi connectivity index (χ1) is 11.9. The maximum absolute atomic E-state index is 13.2. The first-order valence-corrected chi connectivity index (χ1v) is 8.28. The van der Waals surface area contributed by atoms with E-state index in [0.29, 0.717) is 11.1 Å². The number of halogens is 3. The number of hydrogen-bond donors (Lipinski definition) is 1. The second-order valence-electron chi connectivity index (χ2n) is 5.68. The van der Waals surface area contributed by atoms with E-state index < -0.39 is 24.0 Å². The topological polar surface area (TPSA) is 48.7 Å². The average molecular weight is 363 g/mol. The molecule has 1 aromatic heterocycles. The van der Waals surface area contributed by atoms with Gasteiger partial charge in [0.1, 0.15) is 5.71 Å². The molecular weight excluding hydrogens is 351 g/mol. The van der Waals surface area contributed by atoms with Gasteiger partial charge in [-0.1, -0.05) is 53.8 Å². The monoisotopic (exact) mass is 363 g/mol. The molecule has 1 aliphatic heterocycles. The smallest absolute Gasteiger partial charge is 0.365 e. The summed E-state index contributed by atoms with van der Waals surface area (Å²) in [5, 5.41) is 16.0. The van der Waals surface area contributed by atoms with Crippen molar-refractivity contribution in [2.45, 2.75) is 18.3 Å². The Hall–Kier alpha value is -2.45. The molecule has 1 atom stereocenters. The minimum Gasteiger partial charge on any atom is -0.365 e. The van der Waals surface area contributed by atoms with Crippen molar-refractivity contribution in [1.82, 2.24) is 4.98 Å². The van der Waals surface area contributed by atoms with Crippen LogP contribution in [0.25, 0.3) is 10.2 Å². The molecule has 0 fully saturated rings. The number of hydrogen-bond acceptors (Lipinski definition) is 5. The van der Waals surface area contributed by atoms with E-state index in [9.17, 15) is 18.3 Å². The van der Waals surface area contributed by atoms with Crippen LogP contribution in [0, 0.1) is 0 Å². The van der Waals surface area contributed by atoms with Crippen molar-refractivity contribution >= 4 is 32.4 Å². The van der Waals surface area contributed by atoms with E-state index >= 15 is 0 Å². The first kappa shape index (κ1) is 16.0. The lowest BCUT2D eigenvalue weighted by Gasteiger charge is -2.31. The number of aliphatic hydroxyl groups is 1. The third-order valence-corrected chi connectivity index (χ3v) is 5.02. The Kier molecular flexibility index (Phi) is 3.55. The number of anilines is 1. The number of hydrazone groups is 1. The van der Waals surface area contributed by atoms with Crippen LogP contribution in [-0.2, 0) is 5.72 Å². The third-order valence-electron chi connectivity index (χ3n) is 4.01. The molecule has 25 heavy (non-hydrogen) atoms. The molecule has 0 saturated heterocycles. The van der Waals surface area contributed by atoms with E-state index in [1.807, 2.05) is 12.1 Å². The fourth-order valence-electron chi connectivity index (χ4n) is 2.79. The van der Waals surface area contributed by atoms with Crippen LogP contribution in [0.2, 0.25) is 0 Å². The first-order valence-electron chi connectivity index (χ1n) is 7.46. The highest BCUT2D eigenvalue weighted by molar-refractivity contribution is 7.22. The molecule has 1 aliphatic rings. The predicted molar refractivity (Wildman–Crippen MR) is 90.5 cm³/mol. The second-order valence-corrected chi connectivity index (χ2v) is 6.69. The molecule has 0 aliphatic carbocycles. The summed E-state index contributed by atoms with van der Waals surface area (Å²) >= 11 is 1.18. The molecule has 0 bridgehead atoms. The van der Waals surface area contributed by atoms with Crippen LogP contribution >= 0.6 is 11.3 Å². The van der Waals surface area contributed by atoms with Gasteiger partial charge in [-0.25, -0.2) is 9.99 Å². The standard InChI is InChI=1S/C17H12F3N3OS/c18-17(19,20)14-10-16(24,11-6-2-1-3-7-11)23(22-14)15-21-12-8-4-5-9-13(12)25-15/h1-9,24H,10H2/t16-/m0/s1. The number of alkyl halides is 3. The fraction of sp³-hybridized carbons (Fsp3) is 0.176. The van der Waals surface area contributed by atoms with E-state index in [-0.39, 0.29) is 5.13 Å². The Morgan fingerprint density at radius 3 is 2.40 bits per heavy atom. The fourth-order valence-corrected chi connectivity index (χ4v) is 3.77. The normalized spacial score (nSPS) is 21.0. The van der Waals surface area contributed by atoms with E-state index in [0.717, 1.165) is 9.71 Å². The SMILES string of the molecule is O[C@]1(c2ccccc2)CC(C(F)(F)F)=NN1c1nc2ccccc2s1. The van der Waals surface area contributed by atoms with Crippen LogP contribution in [0.4, 0.5) is 18.3 Å². The molecule has 4 nitrogen and oxygen atoms in total. The Labute approximate surface area is 144 Å². The number of rotatable bonds is 2. The van der Waals surface area contributed by atoms with E-state index in [1.54, 1.807) is 42.5 Å². The van der Waals surface area contributed by atoms with Crippen LogP contribution < -0.4 is 5.01 Å². The van der Waals surface area contributed by atoms with Gasteiger partial charge in [-0.15, -0.1) is 0 Å². The minimum atomic E-state index is -4.62. The van der Waals surface area contributed by atoms with Crippen LogP contribution in [0.15, 0.2) is 59.7 Å². The predicted octanol–water partition coefficient (Wildman–Crippen LogP) is 4.27. The third kappa shape index (κ3) is 2.67. The lowest BCUT2D eigenvalue weighted by molar-refractivity contribution is -0.0626. The molecule has 0 spiro atoms. The molecule has 0 amide bonds. The minimum absolute atomic E-state index is 0.215. The summed E-state index contributed by atoms with van der Waals surface area (Å²) in [4.78, 5) is 4.34. The molecule has 8 heteroatoms. The summed E-state index contributed by atoms with van der Waals surface area (Å²) in [5.74, 6) is 0. The van der Waals surface area contributed by atoms with Crippen molar-refractivity contribution in [2.24, 2.45) is 5.10 Å². The molecule has 3 aromatic rings. The van der Waals surface area contributed by atoms with Crippen molar-refractivity contribution < 1.29 is 18.3 Å². The molecule has 2 aromatic carbocycles. The zero-order chi connectivity index (χ0) is 17.7. The van der Waals surface area contributed by atoms with Gasteiger partial charge in [-0.2, -0.15) is 18.3 Å². The summed E-state index contributed by atoms with van der Waals surface area (Å²) in [6.07, 6.45) is -5.27. The van der Waals surface area contributed by atoms with Crippen molar-refractivity contribution in [3.63, 3.8) is 0 Å². The average Bonchev–Trinajstić information content (AvgIpc) is 3.17. The van der Waals surface area contributed by atoms with Gasteiger partial charge in [0, 0.05) is 5.56 Å². The summed E-state index contributed by atoms with van der Waals surface area (Å²) in [6, 6.07) is 15.4. The summed E-state index contributed by atoms with van der Waals surface area (Å²) < 4.78 is 40.5. The number of fused-ring (bicyclic) bond motifs is 1. The van der Waals surface area contributed by atoms with Gasteiger partial charge in [0.15, 0.2) is 5.72 Å². The molecule has 2 heterocycles. The number of nitrogens with zero attached hydrogens (tertiary/aromatic N) is 3. The lowest BCUT2D eigenvalue weighted by atomic mass is 9.97. The highest BCUT2D eigenvalue weighted by Gasteiger charge is 2.52. The van der Waals surface area contributed by atoms with Crippen LogP contribution in [0.1, 0.15) is 12.0 Å². The molecule has 1 N–H and O–H groups in total. The van der Waals surface area contributed by atoms with Gasteiger partial charge < -0.3 is 5.11 Å². The lowest BCUT2D eigenvalue weighted by Crippen LogP contribution is -2.40. The molecule has 0 saturated carbocycles. The van der Waals surface area contributed by atoms with Gasteiger partial charge in [-0.3, -0.25) is 0 Å². The number of benzene rings is 2. The quantitative estimate of drug-likeness (QED) is 0.740. The van der Waals surface area contributed by atoms with E-state index in [2.05, 4.69) is 10.1 Å². The Morgan fingerprint density at radius 2 is 1.72 bits per heavy atom. The van der Waals surface area contributed by atoms with Crippen molar-refractivity contribution in [3.8, 4) is 0 Å². The maximum atomic E-state index is 13.2. The van der Waals surface area contributed by atoms with E-state index in [4.69, 9.17) is 0 Å². The van der Waals surface area contributed by atoms with Gasteiger partial charge >= 0.3 is 6.18 Å². The van der Waals surface area contributed by atoms with Crippen molar-refractivity contribution in [2.75, 3.05) is 5.01 Å². The zero-order valence-electron chi connectivity index (χ0n) is 12.7. The van der Waals surface area contributed by atoms with Gasteiger partial charge in [-0.05, 0) is 12.1 Å². The van der Waals surface area contributed by atoms with Crippen LogP contribution in [-0.4, -0.2) is 22.0 Å². The highest BCUT2D eigenvalue weighted by atomic mass is 32.1. The summed E-state index contributed by atoms with van der Waals surface area (Å²) in [5.41, 5.74) is -1.98. The Balaban J connectivity index is 1.86. The summed E-state index contributed by atoms with van der Waals surface area (Å²) in [6.45, 7) is 0. The molecule has 0 radical (unpaired) electrons. The van der Waals surface area contributed by atoms with Crippen LogP contribution in [0.3, 0.4) is 0 Å². The maximum Gasteiger partial charge on any atom is 0.431 e. The van der Waals surface area contributed by atoms with Gasteiger partial charge in [0.25, 0.3) is 0 Å². The summed E-state index contributed by atoms with van der Waals surface area (Å²) in [7, 11) is 0. The Morgan fingerprint density at radius 1 is 1.04 bits per heavy atom. The highest BCUT2D eigenvalue weighted by Crippen LogP contribution is 2.44. The molecule has 0 unspecified atom stereocenters. The largest absolute Gasteiger partial charge is 0.431 e. The molecule has 128 valence electrons. The number of para-hydroxylation sites is 1. The van der Waals surface area contributed by atoms with Gasteiger partial charge in [0.05, 0.1) is 16.6 Å². The number of aromatic nitrogens is 1.